The normalized spacial score (nSPS) is 10.4. The van der Waals surface area contributed by atoms with Gasteiger partial charge in [-0.3, -0.25) is 0 Å². The second-order valence-electron chi connectivity index (χ2n) is 4.62. The molecule has 0 aliphatic carbocycles. The van der Waals surface area contributed by atoms with Gasteiger partial charge in [-0.2, -0.15) is 0 Å². The first kappa shape index (κ1) is 24.0. The minimum absolute atomic E-state index is 0. The lowest BCUT2D eigenvalue weighted by Gasteiger charge is -2.12. The Bertz CT molecular complexity index is 220. The van der Waals surface area contributed by atoms with Crippen molar-refractivity contribution in [3.05, 3.63) is 0 Å². The predicted octanol–water partition coefficient (Wildman–Crippen LogP) is 3.05. The topological polar surface area (TPSA) is 14.1 Å². The van der Waals surface area contributed by atoms with E-state index in [2.05, 4.69) is 27.4 Å². The monoisotopic (exact) mass is 357 g/mol. The van der Waals surface area contributed by atoms with E-state index in [4.69, 9.17) is 4.17 Å². The van der Waals surface area contributed by atoms with Crippen LogP contribution in [0.25, 0.3) is 0 Å². The van der Waals surface area contributed by atoms with Gasteiger partial charge in [0.1, 0.15) is 0 Å². The first-order valence-corrected chi connectivity index (χ1v) is 10.5. The van der Waals surface area contributed by atoms with Gasteiger partial charge >= 0.3 is 8.37 Å². The standard InChI is InChI=1S/C13H30NP2.CH4.BrH/c1-5-8-11-16(14-15-4,12-9-6-2)13-10-7-3;;/h5-13H2,1-4H3;1H4;1H/q+1;;/p-1. The molecule has 0 saturated heterocycles. The van der Waals surface area contributed by atoms with Gasteiger partial charge in [-0.15, -0.1) is 4.17 Å². The lowest BCUT2D eigenvalue weighted by Crippen LogP contribution is -3.00. The van der Waals surface area contributed by atoms with Gasteiger partial charge in [0.25, 0.3) is 0 Å². The van der Waals surface area contributed by atoms with Gasteiger partial charge in [0.05, 0.1) is 6.66 Å². The predicted molar refractivity (Wildman–Crippen MR) is 88.0 cm³/mol. The SMILES string of the molecule is C.CCCCP(CCCC)(CCCC)=[N+]=PC.[Br-]. The summed E-state index contributed by atoms with van der Waals surface area (Å²) in [6.45, 7) is 9.10. The zero-order valence-corrected chi connectivity index (χ0v) is 15.5. The molecule has 0 atom stereocenters. The van der Waals surface area contributed by atoms with Crippen molar-refractivity contribution in [1.29, 1.82) is 0 Å². The Morgan fingerprint density at radius 1 is 0.833 bits per heavy atom. The molecule has 0 radical (unpaired) electrons. The highest BCUT2D eigenvalue weighted by Crippen LogP contribution is 2.48. The van der Waals surface area contributed by atoms with E-state index >= 15 is 0 Å². The molecule has 0 heterocycles. The van der Waals surface area contributed by atoms with Gasteiger partial charge in [-0.05, 0) is 19.3 Å². The van der Waals surface area contributed by atoms with Gasteiger partial charge < -0.3 is 17.0 Å². The highest BCUT2D eigenvalue weighted by molar-refractivity contribution is 7.67. The Labute approximate surface area is 128 Å². The lowest BCUT2D eigenvalue weighted by molar-refractivity contribution is -0.00000426. The van der Waals surface area contributed by atoms with Crippen LogP contribution in [-0.4, -0.2) is 25.2 Å². The molecule has 0 aromatic rings. The number of unbranched alkanes of at least 4 members (excludes halogenated alkanes) is 3. The Hall–Kier alpha value is 0.920. The van der Waals surface area contributed by atoms with E-state index in [1.165, 1.54) is 65.4 Å². The van der Waals surface area contributed by atoms with Crippen LogP contribution in [0.4, 0.5) is 0 Å². The average molecular weight is 358 g/mol. The van der Waals surface area contributed by atoms with Crippen LogP contribution in [0.1, 0.15) is 66.7 Å². The molecule has 1 nitrogen and oxygen atoms in total. The number of hydrogen-bond acceptors (Lipinski definition) is 0. The highest BCUT2D eigenvalue weighted by atomic mass is 79.9. The summed E-state index contributed by atoms with van der Waals surface area (Å²) in [5.74, 6) is 0. The molecule has 0 fully saturated rings. The van der Waals surface area contributed by atoms with Crippen molar-refractivity contribution in [2.75, 3.05) is 25.2 Å². The van der Waals surface area contributed by atoms with Crippen molar-refractivity contribution in [1.82, 2.24) is 4.17 Å². The Balaban J connectivity index is -0.00000112. The van der Waals surface area contributed by atoms with Crippen LogP contribution in [-0.2, 0) is 0 Å². The maximum absolute atomic E-state index is 5.05. The summed E-state index contributed by atoms with van der Waals surface area (Å²) in [6, 6.07) is 0. The molecule has 0 spiro atoms. The van der Waals surface area contributed by atoms with E-state index in [1.54, 1.807) is 0 Å². The molecular formula is C14H34BrNP2. The van der Waals surface area contributed by atoms with E-state index in [0.717, 1.165) is 0 Å². The van der Waals surface area contributed by atoms with Crippen molar-refractivity contribution < 1.29 is 17.0 Å². The molecular weight excluding hydrogens is 324 g/mol. The second kappa shape index (κ2) is 16.0. The summed E-state index contributed by atoms with van der Waals surface area (Å²) in [7, 11) is 0.343. The summed E-state index contributed by atoms with van der Waals surface area (Å²) >= 11 is 0. The van der Waals surface area contributed by atoms with Gasteiger partial charge in [-0.1, -0.05) is 47.5 Å². The third-order valence-electron chi connectivity index (χ3n) is 3.06. The Kier molecular flexibility index (Phi) is 21.3. The molecule has 112 valence electrons. The fourth-order valence-corrected chi connectivity index (χ4v) is 7.99. The van der Waals surface area contributed by atoms with Gasteiger partial charge in [0.15, 0.2) is 0 Å². The smallest absolute Gasteiger partial charge is 0.346 e. The molecule has 0 unspecified atom stereocenters. The minimum atomic E-state index is -0.933. The van der Waals surface area contributed by atoms with Crippen molar-refractivity contribution in [3.63, 3.8) is 0 Å². The maximum atomic E-state index is 5.05. The van der Waals surface area contributed by atoms with Gasteiger partial charge in [-0.25, -0.2) is 0 Å². The molecule has 0 saturated carbocycles. The largest absolute Gasteiger partial charge is 1.00 e. The zero-order valence-electron chi connectivity index (χ0n) is 12.1. The average Bonchev–Trinajstić information content (AvgIpc) is 2.31. The molecule has 0 aliphatic rings. The Morgan fingerprint density at radius 3 is 1.39 bits per heavy atom. The summed E-state index contributed by atoms with van der Waals surface area (Å²) in [5, 5.41) is 0. The summed E-state index contributed by atoms with van der Waals surface area (Å²) < 4.78 is 5.05. The van der Waals surface area contributed by atoms with Crippen LogP contribution in [0.5, 0.6) is 0 Å². The second-order valence-corrected chi connectivity index (χ2v) is 9.26. The molecule has 4 heteroatoms. The van der Waals surface area contributed by atoms with Crippen molar-refractivity contribution >= 4 is 15.4 Å². The number of halogens is 1. The molecule has 0 N–H and O–H groups in total. The first-order valence-electron chi connectivity index (χ1n) is 6.92. The number of rotatable bonds is 9. The number of hydrogen-bond donors (Lipinski definition) is 0. The zero-order chi connectivity index (χ0) is 12.3. The van der Waals surface area contributed by atoms with Crippen LogP contribution in [0.15, 0.2) is 0 Å². The van der Waals surface area contributed by atoms with Crippen LogP contribution in [0.3, 0.4) is 0 Å². The third kappa shape index (κ3) is 10.8. The summed E-state index contributed by atoms with van der Waals surface area (Å²) in [4.78, 5) is 0. The molecule has 0 aromatic carbocycles. The van der Waals surface area contributed by atoms with E-state index in [-0.39, 0.29) is 24.4 Å². The molecule has 0 bridgehead atoms. The fraction of sp³-hybridized carbons (Fsp3) is 1.00. The fourth-order valence-electron chi connectivity index (χ4n) is 2.02. The molecule has 0 rings (SSSR count). The lowest BCUT2D eigenvalue weighted by atomic mass is 10.4. The van der Waals surface area contributed by atoms with Crippen molar-refractivity contribution in [3.8, 4) is 0 Å². The van der Waals surface area contributed by atoms with Crippen LogP contribution in [0.2, 0.25) is 0 Å². The van der Waals surface area contributed by atoms with E-state index < -0.39 is 7.05 Å². The van der Waals surface area contributed by atoms with Crippen LogP contribution < -0.4 is 21.2 Å². The van der Waals surface area contributed by atoms with Crippen molar-refractivity contribution in [2.45, 2.75) is 66.7 Å². The van der Waals surface area contributed by atoms with Crippen LogP contribution >= 0.6 is 15.4 Å². The highest BCUT2D eigenvalue weighted by Gasteiger charge is 2.27. The molecule has 0 amide bonds. The molecule has 18 heavy (non-hydrogen) atoms. The van der Waals surface area contributed by atoms with Crippen LogP contribution in [0, 0.1) is 0 Å². The van der Waals surface area contributed by atoms with Gasteiger partial charge in [0.2, 0.25) is 7.05 Å². The summed E-state index contributed by atoms with van der Waals surface area (Å²) in [5.41, 5.74) is 0. The molecule has 0 aromatic heterocycles. The van der Waals surface area contributed by atoms with Crippen molar-refractivity contribution in [2.24, 2.45) is 0 Å². The maximum Gasteiger partial charge on any atom is 0.346 e. The number of nitrogens with zero attached hydrogens (tertiary/aromatic N) is 1. The Morgan fingerprint density at radius 2 is 1.17 bits per heavy atom. The third-order valence-corrected chi connectivity index (χ3v) is 8.74. The summed E-state index contributed by atoms with van der Waals surface area (Å²) in [6.07, 6.45) is 12.4. The van der Waals surface area contributed by atoms with E-state index in [1.807, 2.05) is 0 Å². The molecule has 0 aliphatic heterocycles. The minimum Gasteiger partial charge on any atom is -1.00 e. The van der Waals surface area contributed by atoms with E-state index in [9.17, 15) is 0 Å². The first-order chi connectivity index (χ1) is 7.74. The van der Waals surface area contributed by atoms with Gasteiger partial charge in [0, 0.05) is 18.5 Å². The quantitative estimate of drug-likeness (QED) is 0.444. The van der Waals surface area contributed by atoms with E-state index in [0.29, 0.717) is 0 Å².